The van der Waals surface area contributed by atoms with Crippen LogP contribution in [0.4, 0.5) is 5.69 Å². The van der Waals surface area contributed by atoms with E-state index in [1.54, 1.807) is 12.1 Å². The molecule has 2 aliphatic rings. The second-order valence-electron chi connectivity index (χ2n) is 7.50. The summed E-state index contributed by atoms with van der Waals surface area (Å²) in [7, 11) is -3.60. The van der Waals surface area contributed by atoms with E-state index in [-0.39, 0.29) is 10.5 Å². The average Bonchev–Trinajstić information content (AvgIpc) is 2.60. The number of cyclic esters (lactones) is 2. The van der Waals surface area contributed by atoms with E-state index < -0.39 is 27.7 Å². The lowest BCUT2D eigenvalue weighted by Gasteiger charge is -2.30. The van der Waals surface area contributed by atoms with E-state index in [0.717, 1.165) is 19.0 Å². The van der Waals surface area contributed by atoms with Crippen LogP contribution >= 0.6 is 0 Å². The van der Waals surface area contributed by atoms with Gasteiger partial charge in [-0.3, -0.25) is 0 Å². The molecule has 1 aromatic carbocycles. The number of sulfonamides is 1. The van der Waals surface area contributed by atoms with E-state index in [2.05, 4.69) is 12.2 Å². The normalized spacial score (nSPS) is 21.0. The van der Waals surface area contributed by atoms with Gasteiger partial charge in [-0.25, -0.2) is 18.0 Å². The standard InChI is InChI=1S/C19H24N2O6S/c1-13-7-9-21(10-8-13)28(24,25)15-6-4-5-14(11-15)20-12-16-17(22)26-19(2,3)27-18(16)23/h4-6,11-13,20H,7-10H2,1-3H3. The molecule has 8 nitrogen and oxygen atoms in total. The van der Waals surface area contributed by atoms with Crippen molar-refractivity contribution in [3.8, 4) is 0 Å². The van der Waals surface area contributed by atoms with Gasteiger partial charge in [0.05, 0.1) is 4.90 Å². The highest BCUT2D eigenvalue weighted by Gasteiger charge is 2.39. The summed E-state index contributed by atoms with van der Waals surface area (Å²) in [5, 5.41) is 2.78. The van der Waals surface area contributed by atoms with Crippen LogP contribution in [0, 0.1) is 5.92 Å². The number of hydrogen-bond donors (Lipinski definition) is 1. The number of esters is 2. The Bertz CT molecular complexity index is 892. The van der Waals surface area contributed by atoms with Gasteiger partial charge in [0.15, 0.2) is 5.57 Å². The van der Waals surface area contributed by atoms with Gasteiger partial charge < -0.3 is 14.8 Å². The molecule has 152 valence electrons. The SMILES string of the molecule is CC1CCN(S(=O)(=O)c2cccc(NC=C3C(=O)OC(C)(C)OC3=O)c2)CC1. The summed E-state index contributed by atoms with van der Waals surface area (Å²) < 4.78 is 37.2. The molecule has 0 bridgehead atoms. The summed E-state index contributed by atoms with van der Waals surface area (Å²) in [6.45, 7) is 6.03. The van der Waals surface area contributed by atoms with Gasteiger partial charge in [-0.15, -0.1) is 0 Å². The summed E-state index contributed by atoms with van der Waals surface area (Å²) >= 11 is 0. The van der Waals surface area contributed by atoms with E-state index in [4.69, 9.17) is 9.47 Å². The Labute approximate surface area is 164 Å². The third-order valence-electron chi connectivity index (χ3n) is 4.71. The van der Waals surface area contributed by atoms with Gasteiger partial charge in [0.25, 0.3) is 5.79 Å². The second kappa shape index (κ2) is 7.56. The number of carbonyl (C=O) groups is 2. The van der Waals surface area contributed by atoms with Crippen molar-refractivity contribution in [2.24, 2.45) is 5.92 Å². The van der Waals surface area contributed by atoms with Gasteiger partial charge in [-0.1, -0.05) is 13.0 Å². The van der Waals surface area contributed by atoms with E-state index in [9.17, 15) is 18.0 Å². The number of nitrogens with one attached hydrogen (secondary N) is 1. The maximum Gasteiger partial charge on any atom is 0.350 e. The Kier molecular flexibility index (Phi) is 5.49. The third-order valence-corrected chi connectivity index (χ3v) is 6.61. The highest BCUT2D eigenvalue weighted by molar-refractivity contribution is 7.89. The van der Waals surface area contributed by atoms with Crippen molar-refractivity contribution in [2.75, 3.05) is 18.4 Å². The van der Waals surface area contributed by atoms with Gasteiger partial charge in [0, 0.05) is 38.8 Å². The van der Waals surface area contributed by atoms with Crippen LogP contribution < -0.4 is 5.32 Å². The highest BCUT2D eigenvalue weighted by atomic mass is 32.2. The molecular weight excluding hydrogens is 384 g/mol. The number of nitrogens with zero attached hydrogens (tertiary/aromatic N) is 1. The first-order chi connectivity index (χ1) is 13.1. The van der Waals surface area contributed by atoms with Crippen LogP contribution in [0.3, 0.4) is 0 Å². The van der Waals surface area contributed by atoms with Crippen molar-refractivity contribution in [2.45, 2.75) is 44.3 Å². The Morgan fingerprint density at radius 1 is 1.14 bits per heavy atom. The predicted molar refractivity (Wildman–Crippen MR) is 102 cm³/mol. The molecule has 1 N–H and O–H groups in total. The molecule has 2 fully saturated rings. The number of hydrogen-bond acceptors (Lipinski definition) is 7. The molecule has 0 spiro atoms. The first-order valence-corrected chi connectivity index (χ1v) is 10.6. The maximum atomic E-state index is 12.9. The minimum atomic E-state index is -3.60. The van der Waals surface area contributed by atoms with E-state index in [1.165, 1.54) is 30.3 Å². The number of benzene rings is 1. The van der Waals surface area contributed by atoms with Crippen LogP contribution in [0.5, 0.6) is 0 Å². The zero-order valence-electron chi connectivity index (χ0n) is 16.1. The number of carbonyl (C=O) groups excluding carboxylic acids is 2. The number of ether oxygens (including phenoxy) is 2. The van der Waals surface area contributed by atoms with Crippen molar-refractivity contribution >= 4 is 27.6 Å². The Hall–Kier alpha value is -2.39. The lowest BCUT2D eigenvalue weighted by Crippen LogP contribution is -2.42. The molecule has 3 rings (SSSR count). The molecule has 0 amide bonds. The smallest absolute Gasteiger partial charge is 0.350 e. The van der Waals surface area contributed by atoms with Crippen molar-refractivity contribution < 1.29 is 27.5 Å². The lowest BCUT2D eigenvalue weighted by atomic mass is 10.0. The van der Waals surface area contributed by atoms with E-state index in [0.29, 0.717) is 24.7 Å². The molecule has 0 atom stereocenters. The fraction of sp³-hybridized carbons (Fsp3) is 0.474. The lowest BCUT2D eigenvalue weighted by molar-refractivity contribution is -0.222. The molecular formula is C19H24N2O6S. The molecule has 1 aromatic rings. The number of anilines is 1. The molecule has 28 heavy (non-hydrogen) atoms. The van der Waals surface area contributed by atoms with Crippen LogP contribution in [0.1, 0.15) is 33.6 Å². The summed E-state index contributed by atoms with van der Waals surface area (Å²) in [5.41, 5.74) is 0.127. The number of piperidine rings is 1. The van der Waals surface area contributed by atoms with Crippen LogP contribution in [-0.4, -0.2) is 43.5 Å². The zero-order chi connectivity index (χ0) is 20.5. The van der Waals surface area contributed by atoms with Gasteiger partial charge in [0.2, 0.25) is 10.0 Å². The fourth-order valence-electron chi connectivity index (χ4n) is 3.05. The van der Waals surface area contributed by atoms with Crippen LogP contribution in [0.25, 0.3) is 0 Å². The quantitative estimate of drug-likeness (QED) is 0.463. The predicted octanol–water partition coefficient (Wildman–Crippen LogP) is 2.24. The molecule has 0 aliphatic carbocycles. The maximum absolute atomic E-state index is 12.9. The largest absolute Gasteiger partial charge is 0.419 e. The number of rotatable bonds is 4. The molecule has 2 aliphatic heterocycles. The average molecular weight is 408 g/mol. The molecule has 2 saturated heterocycles. The van der Waals surface area contributed by atoms with Gasteiger partial charge in [-0.2, -0.15) is 4.31 Å². The van der Waals surface area contributed by atoms with Gasteiger partial charge in [0.1, 0.15) is 0 Å². The van der Waals surface area contributed by atoms with Crippen LogP contribution in [-0.2, 0) is 29.1 Å². The molecule has 0 aromatic heterocycles. The van der Waals surface area contributed by atoms with Crippen molar-refractivity contribution in [1.82, 2.24) is 4.31 Å². The van der Waals surface area contributed by atoms with E-state index >= 15 is 0 Å². The Balaban J connectivity index is 1.77. The Morgan fingerprint density at radius 2 is 1.75 bits per heavy atom. The molecule has 0 radical (unpaired) electrons. The summed E-state index contributed by atoms with van der Waals surface area (Å²) in [6, 6.07) is 6.23. The minimum Gasteiger partial charge on any atom is -0.419 e. The summed E-state index contributed by atoms with van der Waals surface area (Å²) in [4.78, 5) is 24.1. The molecule has 0 saturated carbocycles. The fourth-order valence-corrected chi connectivity index (χ4v) is 4.57. The third kappa shape index (κ3) is 4.36. The van der Waals surface area contributed by atoms with Crippen molar-refractivity contribution in [3.63, 3.8) is 0 Å². The molecule has 9 heteroatoms. The van der Waals surface area contributed by atoms with Gasteiger partial charge >= 0.3 is 11.9 Å². The first-order valence-electron chi connectivity index (χ1n) is 9.12. The van der Waals surface area contributed by atoms with Gasteiger partial charge in [-0.05, 0) is 37.0 Å². The highest BCUT2D eigenvalue weighted by Crippen LogP contribution is 2.26. The topological polar surface area (TPSA) is 102 Å². The van der Waals surface area contributed by atoms with Crippen molar-refractivity contribution in [3.05, 3.63) is 36.0 Å². The first kappa shape index (κ1) is 20.3. The second-order valence-corrected chi connectivity index (χ2v) is 9.43. The van der Waals surface area contributed by atoms with Crippen LogP contribution in [0.2, 0.25) is 0 Å². The summed E-state index contributed by atoms with van der Waals surface area (Å²) in [5.74, 6) is -2.41. The molecule has 2 heterocycles. The molecule has 0 unspecified atom stereocenters. The summed E-state index contributed by atoms with van der Waals surface area (Å²) in [6.07, 6.45) is 2.84. The monoisotopic (exact) mass is 408 g/mol. The van der Waals surface area contributed by atoms with Crippen molar-refractivity contribution in [1.29, 1.82) is 0 Å². The van der Waals surface area contributed by atoms with E-state index in [1.807, 2.05) is 0 Å². The Morgan fingerprint density at radius 3 is 2.36 bits per heavy atom. The zero-order valence-corrected chi connectivity index (χ0v) is 16.9. The minimum absolute atomic E-state index is 0.153. The van der Waals surface area contributed by atoms with Crippen LogP contribution in [0.15, 0.2) is 40.9 Å².